The molecule has 1 unspecified atom stereocenters. The quantitative estimate of drug-likeness (QED) is 0.848. The average molecular weight is 340 g/mol. The van der Waals surface area contributed by atoms with Gasteiger partial charge in [0.05, 0.1) is 6.04 Å². The summed E-state index contributed by atoms with van der Waals surface area (Å²) in [4.78, 5) is 0. The first-order valence-corrected chi connectivity index (χ1v) is 7.27. The maximum absolute atomic E-state index is 14.0. The summed E-state index contributed by atoms with van der Waals surface area (Å²) in [5.41, 5.74) is 2.30. The van der Waals surface area contributed by atoms with Gasteiger partial charge >= 0.3 is 0 Å². The Hall–Kier alpha value is -1.26. The van der Waals surface area contributed by atoms with Crippen LogP contribution in [0.1, 0.15) is 29.7 Å². The molecule has 0 amide bonds. The zero-order valence-corrected chi connectivity index (χ0v) is 13.0. The Morgan fingerprint density at radius 2 is 1.95 bits per heavy atom. The van der Waals surface area contributed by atoms with Crippen LogP contribution in [0, 0.1) is 18.6 Å². The molecule has 0 saturated heterocycles. The van der Waals surface area contributed by atoms with Crippen LogP contribution in [0.2, 0.25) is 0 Å². The van der Waals surface area contributed by atoms with Gasteiger partial charge in [-0.25, -0.2) is 8.78 Å². The highest BCUT2D eigenvalue weighted by atomic mass is 79.9. The SMILES string of the molecule is CCNC(c1ccc(Br)c(C)c1)c1cccc(F)c1F. The fraction of sp³-hybridized carbons (Fsp3) is 0.250. The maximum atomic E-state index is 14.0. The van der Waals surface area contributed by atoms with Crippen molar-refractivity contribution >= 4 is 15.9 Å². The van der Waals surface area contributed by atoms with Gasteiger partial charge in [0.2, 0.25) is 0 Å². The van der Waals surface area contributed by atoms with Gasteiger partial charge < -0.3 is 5.32 Å². The predicted molar refractivity (Wildman–Crippen MR) is 80.8 cm³/mol. The van der Waals surface area contributed by atoms with Crippen LogP contribution in [0.5, 0.6) is 0 Å². The molecular formula is C16H16BrF2N. The second kappa shape index (κ2) is 6.46. The normalized spacial score (nSPS) is 12.4. The predicted octanol–water partition coefficient (Wildman–Crippen LogP) is 4.73. The van der Waals surface area contributed by atoms with E-state index >= 15 is 0 Å². The summed E-state index contributed by atoms with van der Waals surface area (Å²) in [5.74, 6) is -1.61. The van der Waals surface area contributed by atoms with E-state index in [1.165, 1.54) is 6.07 Å². The van der Waals surface area contributed by atoms with E-state index in [0.717, 1.165) is 21.7 Å². The second-order valence-corrected chi connectivity index (χ2v) is 5.50. The third-order valence-corrected chi connectivity index (χ3v) is 4.11. The molecule has 0 aromatic heterocycles. The molecule has 0 fully saturated rings. The van der Waals surface area contributed by atoms with Crippen LogP contribution in [-0.4, -0.2) is 6.54 Å². The minimum atomic E-state index is -0.820. The van der Waals surface area contributed by atoms with Crippen molar-refractivity contribution in [2.45, 2.75) is 19.9 Å². The number of hydrogen-bond donors (Lipinski definition) is 1. The molecule has 1 nitrogen and oxygen atoms in total. The first-order valence-electron chi connectivity index (χ1n) is 6.48. The smallest absolute Gasteiger partial charge is 0.163 e. The Labute approximate surface area is 126 Å². The Bertz CT molecular complexity index is 613. The van der Waals surface area contributed by atoms with Crippen LogP contribution in [-0.2, 0) is 0 Å². The number of benzene rings is 2. The summed E-state index contributed by atoms with van der Waals surface area (Å²) in [7, 11) is 0. The van der Waals surface area contributed by atoms with Gasteiger partial charge in [0.1, 0.15) is 0 Å². The third kappa shape index (κ3) is 3.07. The first kappa shape index (κ1) is 15.1. The van der Waals surface area contributed by atoms with E-state index in [0.29, 0.717) is 12.1 Å². The zero-order valence-electron chi connectivity index (χ0n) is 11.4. The lowest BCUT2D eigenvalue weighted by molar-refractivity contribution is 0.483. The van der Waals surface area contributed by atoms with Crippen molar-refractivity contribution in [3.63, 3.8) is 0 Å². The van der Waals surface area contributed by atoms with Crippen molar-refractivity contribution in [2.24, 2.45) is 0 Å². The van der Waals surface area contributed by atoms with E-state index < -0.39 is 11.6 Å². The summed E-state index contributed by atoms with van der Waals surface area (Å²) in [5, 5.41) is 3.21. The van der Waals surface area contributed by atoms with Crippen molar-refractivity contribution < 1.29 is 8.78 Å². The number of hydrogen-bond acceptors (Lipinski definition) is 1. The molecule has 0 bridgehead atoms. The van der Waals surface area contributed by atoms with Crippen LogP contribution in [0.3, 0.4) is 0 Å². The Morgan fingerprint density at radius 3 is 2.60 bits per heavy atom. The van der Waals surface area contributed by atoms with Crippen molar-refractivity contribution in [1.29, 1.82) is 0 Å². The molecule has 2 aromatic rings. The molecule has 0 radical (unpaired) electrons. The van der Waals surface area contributed by atoms with E-state index in [2.05, 4.69) is 21.2 Å². The summed E-state index contributed by atoms with van der Waals surface area (Å²) in [6.07, 6.45) is 0. The standard InChI is InChI=1S/C16H16BrF2N/c1-3-20-16(11-7-8-13(17)10(2)9-11)12-5-4-6-14(18)15(12)19/h4-9,16,20H,3H2,1-2H3. The molecule has 2 rings (SSSR count). The Kier molecular flexibility index (Phi) is 4.89. The minimum absolute atomic E-state index is 0.327. The monoisotopic (exact) mass is 339 g/mol. The molecule has 1 N–H and O–H groups in total. The van der Waals surface area contributed by atoms with Gasteiger partial charge in [-0.2, -0.15) is 0 Å². The van der Waals surface area contributed by atoms with Crippen molar-refractivity contribution in [3.05, 3.63) is 69.2 Å². The van der Waals surface area contributed by atoms with Gasteiger partial charge in [-0.3, -0.25) is 0 Å². The van der Waals surface area contributed by atoms with Gasteiger partial charge in [0.25, 0.3) is 0 Å². The fourth-order valence-electron chi connectivity index (χ4n) is 2.20. The molecule has 0 heterocycles. The van der Waals surface area contributed by atoms with E-state index in [-0.39, 0.29) is 6.04 Å². The van der Waals surface area contributed by atoms with Crippen LogP contribution >= 0.6 is 15.9 Å². The van der Waals surface area contributed by atoms with Crippen LogP contribution in [0.15, 0.2) is 40.9 Å². The van der Waals surface area contributed by atoms with Crippen molar-refractivity contribution in [3.8, 4) is 0 Å². The maximum Gasteiger partial charge on any atom is 0.163 e. The van der Waals surface area contributed by atoms with Gasteiger partial charge in [-0.05, 0) is 36.7 Å². The Balaban J connectivity index is 2.50. The van der Waals surface area contributed by atoms with E-state index in [1.54, 1.807) is 6.07 Å². The summed E-state index contributed by atoms with van der Waals surface area (Å²) in [6, 6.07) is 9.73. The van der Waals surface area contributed by atoms with Gasteiger partial charge in [0, 0.05) is 10.0 Å². The molecule has 106 valence electrons. The van der Waals surface area contributed by atoms with Crippen LogP contribution < -0.4 is 5.32 Å². The Morgan fingerprint density at radius 1 is 1.20 bits per heavy atom. The van der Waals surface area contributed by atoms with Crippen molar-refractivity contribution in [2.75, 3.05) is 6.54 Å². The molecule has 1 atom stereocenters. The molecule has 0 spiro atoms. The number of halogens is 3. The minimum Gasteiger partial charge on any atom is -0.306 e. The molecule has 0 aliphatic rings. The van der Waals surface area contributed by atoms with Gasteiger partial charge in [0.15, 0.2) is 11.6 Å². The molecule has 0 saturated carbocycles. The zero-order chi connectivity index (χ0) is 14.7. The first-order chi connectivity index (χ1) is 9.54. The van der Waals surface area contributed by atoms with Crippen LogP contribution in [0.4, 0.5) is 8.78 Å². The molecule has 0 aliphatic heterocycles. The van der Waals surface area contributed by atoms with Crippen LogP contribution in [0.25, 0.3) is 0 Å². The molecular weight excluding hydrogens is 324 g/mol. The molecule has 2 aromatic carbocycles. The lowest BCUT2D eigenvalue weighted by atomic mass is 9.96. The lowest BCUT2D eigenvalue weighted by Crippen LogP contribution is -2.23. The summed E-state index contributed by atoms with van der Waals surface area (Å²) in [6.45, 7) is 4.57. The third-order valence-electron chi connectivity index (χ3n) is 3.22. The largest absolute Gasteiger partial charge is 0.306 e. The molecule has 0 aliphatic carbocycles. The number of aryl methyl sites for hydroxylation is 1. The number of rotatable bonds is 4. The fourth-order valence-corrected chi connectivity index (χ4v) is 2.45. The van der Waals surface area contributed by atoms with E-state index in [4.69, 9.17) is 0 Å². The average Bonchev–Trinajstić information content (AvgIpc) is 2.43. The number of nitrogens with one attached hydrogen (secondary N) is 1. The molecule has 20 heavy (non-hydrogen) atoms. The van der Waals surface area contributed by atoms with E-state index in [1.807, 2.05) is 32.0 Å². The van der Waals surface area contributed by atoms with Crippen molar-refractivity contribution in [1.82, 2.24) is 5.32 Å². The molecule has 4 heteroatoms. The topological polar surface area (TPSA) is 12.0 Å². The van der Waals surface area contributed by atoms with E-state index in [9.17, 15) is 8.78 Å². The highest BCUT2D eigenvalue weighted by Crippen LogP contribution is 2.28. The van der Waals surface area contributed by atoms with Gasteiger partial charge in [-0.1, -0.05) is 47.1 Å². The lowest BCUT2D eigenvalue weighted by Gasteiger charge is -2.20. The highest BCUT2D eigenvalue weighted by Gasteiger charge is 2.19. The summed E-state index contributed by atoms with van der Waals surface area (Å²) < 4.78 is 28.4. The highest BCUT2D eigenvalue weighted by molar-refractivity contribution is 9.10. The second-order valence-electron chi connectivity index (χ2n) is 4.64. The summed E-state index contributed by atoms with van der Waals surface area (Å²) >= 11 is 3.45. The van der Waals surface area contributed by atoms with Gasteiger partial charge in [-0.15, -0.1) is 0 Å².